The zero-order chi connectivity index (χ0) is 14.7. The predicted octanol–water partition coefficient (Wildman–Crippen LogP) is 1.13. The van der Waals surface area contributed by atoms with E-state index >= 15 is 0 Å². The van der Waals surface area contributed by atoms with E-state index in [1.165, 1.54) is 17.1 Å². The molecule has 1 aromatic heterocycles. The van der Waals surface area contributed by atoms with Crippen molar-refractivity contribution in [1.82, 2.24) is 9.47 Å². The van der Waals surface area contributed by atoms with Crippen LogP contribution in [0.5, 0.6) is 0 Å². The van der Waals surface area contributed by atoms with Gasteiger partial charge in [0.05, 0.1) is 0 Å². The zero-order valence-corrected chi connectivity index (χ0v) is 12.2. The van der Waals surface area contributed by atoms with Crippen LogP contribution in [0.4, 0.5) is 0 Å². The smallest absolute Gasteiger partial charge is 0.251 e. The molecule has 5 nitrogen and oxygen atoms in total. The van der Waals surface area contributed by atoms with Crippen LogP contribution in [0.15, 0.2) is 23.1 Å². The Hall–Kier alpha value is -1.62. The third kappa shape index (κ3) is 3.48. The average molecular weight is 277 g/mol. The molecule has 2 rings (SSSR count). The van der Waals surface area contributed by atoms with Crippen molar-refractivity contribution >= 4 is 5.91 Å². The summed E-state index contributed by atoms with van der Waals surface area (Å²) in [5, 5.41) is 0. The Balaban J connectivity index is 2.24. The standard InChI is InChI=1S/C15H23N3O2/c1-11(2)8-13(15(16)20)18-10-12(4-5-14(18)19)9-17-6-3-7-17/h4-5,10-11,13H,3,6-9H2,1-2H3,(H2,16,20). The molecule has 0 spiro atoms. The second-order valence-corrected chi connectivity index (χ2v) is 5.96. The van der Waals surface area contributed by atoms with Crippen LogP contribution in [0.25, 0.3) is 0 Å². The van der Waals surface area contributed by atoms with E-state index in [0.717, 1.165) is 25.2 Å². The Morgan fingerprint density at radius 2 is 2.05 bits per heavy atom. The number of primary amides is 1. The van der Waals surface area contributed by atoms with Gasteiger partial charge in [-0.15, -0.1) is 0 Å². The number of aromatic nitrogens is 1. The summed E-state index contributed by atoms with van der Waals surface area (Å²) in [6.45, 7) is 7.07. The minimum Gasteiger partial charge on any atom is -0.368 e. The lowest BCUT2D eigenvalue weighted by molar-refractivity contribution is -0.121. The van der Waals surface area contributed by atoms with Gasteiger partial charge < -0.3 is 10.3 Å². The van der Waals surface area contributed by atoms with Crippen LogP contribution in [-0.2, 0) is 11.3 Å². The highest BCUT2D eigenvalue weighted by atomic mass is 16.2. The van der Waals surface area contributed by atoms with E-state index < -0.39 is 11.9 Å². The lowest BCUT2D eigenvalue weighted by atomic mass is 10.0. The molecule has 1 saturated heterocycles. The summed E-state index contributed by atoms with van der Waals surface area (Å²) in [5.41, 5.74) is 6.36. The van der Waals surface area contributed by atoms with Crippen LogP contribution >= 0.6 is 0 Å². The first-order valence-corrected chi connectivity index (χ1v) is 7.20. The minimum atomic E-state index is -0.557. The van der Waals surface area contributed by atoms with Crippen LogP contribution in [0.3, 0.4) is 0 Å². The third-order valence-corrected chi connectivity index (χ3v) is 3.71. The van der Waals surface area contributed by atoms with E-state index in [-0.39, 0.29) is 5.56 Å². The molecule has 1 atom stereocenters. The number of hydrogen-bond donors (Lipinski definition) is 1. The normalized spacial score (nSPS) is 16.9. The number of amides is 1. The van der Waals surface area contributed by atoms with Crippen molar-refractivity contribution in [3.63, 3.8) is 0 Å². The SMILES string of the molecule is CC(C)CC(C(N)=O)n1cc(CN2CCC2)ccc1=O. The molecule has 2 heterocycles. The maximum absolute atomic E-state index is 12.0. The van der Waals surface area contributed by atoms with Crippen LogP contribution in [0.2, 0.25) is 0 Å². The van der Waals surface area contributed by atoms with Crippen LogP contribution in [0.1, 0.15) is 38.3 Å². The van der Waals surface area contributed by atoms with Crippen molar-refractivity contribution in [2.45, 2.75) is 39.3 Å². The molecule has 0 radical (unpaired) electrons. The molecule has 1 amide bonds. The summed E-state index contributed by atoms with van der Waals surface area (Å²) in [4.78, 5) is 26.0. The lowest BCUT2D eigenvalue weighted by Crippen LogP contribution is -2.37. The number of likely N-dealkylation sites (tertiary alicyclic amines) is 1. The summed E-state index contributed by atoms with van der Waals surface area (Å²) in [6, 6.07) is 2.81. The molecular weight excluding hydrogens is 254 g/mol. The van der Waals surface area contributed by atoms with Crippen molar-refractivity contribution in [3.8, 4) is 0 Å². The fraction of sp³-hybridized carbons (Fsp3) is 0.600. The highest BCUT2D eigenvalue weighted by molar-refractivity contribution is 5.78. The van der Waals surface area contributed by atoms with E-state index in [0.29, 0.717) is 12.3 Å². The molecule has 1 aliphatic rings. The summed E-state index contributed by atoms with van der Waals surface area (Å²) in [6.07, 6.45) is 3.61. The Morgan fingerprint density at radius 3 is 2.55 bits per heavy atom. The molecule has 110 valence electrons. The Kier molecular flexibility index (Phi) is 4.60. The van der Waals surface area contributed by atoms with Gasteiger partial charge in [-0.05, 0) is 37.4 Å². The fourth-order valence-electron chi connectivity index (χ4n) is 2.50. The maximum atomic E-state index is 12.0. The molecule has 20 heavy (non-hydrogen) atoms. The number of nitrogens with two attached hydrogens (primary N) is 1. The summed E-state index contributed by atoms with van der Waals surface area (Å²) >= 11 is 0. The lowest BCUT2D eigenvalue weighted by Gasteiger charge is -2.31. The molecule has 5 heteroatoms. The first-order valence-electron chi connectivity index (χ1n) is 7.20. The molecule has 1 aliphatic heterocycles. The first kappa shape index (κ1) is 14.8. The average Bonchev–Trinajstić information content (AvgIpc) is 2.32. The number of hydrogen-bond acceptors (Lipinski definition) is 3. The number of pyridine rings is 1. The number of rotatable bonds is 6. The summed E-state index contributed by atoms with van der Waals surface area (Å²) in [5.74, 6) is -0.139. The van der Waals surface area contributed by atoms with Crippen LogP contribution < -0.4 is 11.3 Å². The highest BCUT2D eigenvalue weighted by Gasteiger charge is 2.21. The predicted molar refractivity (Wildman–Crippen MR) is 78.3 cm³/mol. The molecule has 0 aromatic carbocycles. The fourth-order valence-corrected chi connectivity index (χ4v) is 2.50. The molecule has 2 N–H and O–H groups in total. The molecule has 0 saturated carbocycles. The number of carbonyl (C=O) groups is 1. The highest BCUT2D eigenvalue weighted by Crippen LogP contribution is 2.17. The van der Waals surface area contributed by atoms with Gasteiger partial charge in [0, 0.05) is 18.8 Å². The van der Waals surface area contributed by atoms with Gasteiger partial charge >= 0.3 is 0 Å². The number of carbonyl (C=O) groups excluding carboxylic acids is 1. The van der Waals surface area contributed by atoms with Crippen molar-refractivity contribution in [2.24, 2.45) is 11.7 Å². The largest absolute Gasteiger partial charge is 0.368 e. The monoisotopic (exact) mass is 277 g/mol. The van der Waals surface area contributed by atoms with Crippen molar-refractivity contribution in [3.05, 3.63) is 34.2 Å². The molecule has 1 aromatic rings. The van der Waals surface area contributed by atoms with Crippen molar-refractivity contribution < 1.29 is 4.79 Å². The Labute approximate surface area is 119 Å². The molecule has 0 aliphatic carbocycles. The third-order valence-electron chi connectivity index (χ3n) is 3.71. The van der Waals surface area contributed by atoms with Gasteiger partial charge in [0.2, 0.25) is 5.91 Å². The summed E-state index contributed by atoms with van der Waals surface area (Å²) in [7, 11) is 0. The van der Waals surface area contributed by atoms with E-state index in [4.69, 9.17) is 5.73 Å². The van der Waals surface area contributed by atoms with Crippen LogP contribution in [0, 0.1) is 5.92 Å². The van der Waals surface area contributed by atoms with E-state index in [9.17, 15) is 9.59 Å². The zero-order valence-electron chi connectivity index (χ0n) is 12.2. The van der Waals surface area contributed by atoms with Crippen LogP contribution in [-0.4, -0.2) is 28.5 Å². The minimum absolute atomic E-state index is 0.165. The van der Waals surface area contributed by atoms with Gasteiger partial charge in [-0.3, -0.25) is 14.5 Å². The van der Waals surface area contributed by atoms with Gasteiger partial charge in [-0.25, -0.2) is 0 Å². The van der Waals surface area contributed by atoms with Gasteiger partial charge in [0.15, 0.2) is 0 Å². The number of nitrogens with zero attached hydrogens (tertiary/aromatic N) is 2. The topological polar surface area (TPSA) is 68.3 Å². The van der Waals surface area contributed by atoms with E-state index in [2.05, 4.69) is 4.90 Å². The molecule has 1 unspecified atom stereocenters. The maximum Gasteiger partial charge on any atom is 0.251 e. The first-order chi connectivity index (χ1) is 9.47. The van der Waals surface area contributed by atoms with Gasteiger partial charge in [0.1, 0.15) is 6.04 Å². The molecule has 1 fully saturated rings. The Morgan fingerprint density at radius 1 is 1.35 bits per heavy atom. The van der Waals surface area contributed by atoms with E-state index in [1.54, 1.807) is 6.20 Å². The van der Waals surface area contributed by atoms with Gasteiger partial charge in [-0.1, -0.05) is 19.9 Å². The summed E-state index contributed by atoms with van der Waals surface area (Å²) < 4.78 is 1.50. The second-order valence-electron chi connectivity index (χ2n) is 5.96. The Bertz CT molecular complexity index is 532. The van der Waals surface area contributed by atoms with Crippen molar-refractivity contribution in [2.75, 3.05) is 13.1 Å². The van der Waals surface area contributed by atoms with Crippen molar-refractivity contribution in [1.29, 1.82) is 0 Å². The molecular formula is C15H23N3O2. The van der Waals surface area contributed by atoms with E-state index in [1.807, 2.05) is 19.9 Å². The van der Waals surface area contributed by atoms with Gasteiger partial charge in [0.25, 0.3) is 5.56 Å². The molecule has 0 bridgehead atoms. The quantitative estimate of drug-likeness (QED) is 0.847. The second kappa shape index (κ2) is 6.22. The van der Waals surface area contributed by atoms with Gasteiger partial charge in [-0.2, -0.15) is 0 Å².